The Balaban J connectivity index is 2.33. The molecule has 102 valence electrons. The maximum atomic E-state index is 13.7. The van der Waals surface area contributed by atoms with Gasteiger partial charge in [0, 0.05) is 18.3 Å². The summed E-state index contributed by atoms with van der Waals surface area (Å²) in [7, 11) is 1.43. The van der Waals surface area contributed by atoms with E-state index in [2.05, 4.69) is 10.5 Å². The van der Waals surface area contributed by atoms with Gasteiger partial charge in [-0.05, 0) is 24.6 Å². The molecule has 1 aromatic carbocycles. The molecule has 1 heterocycles. The van der Waals surface area contributed by atoms with Crippen molar-refractivity contribution < 1.29 is 9.13 Å². The third-order valence-corrected chi connectivity index (χ3v) is 2.99. The molecule has 1 atom stereocenters. The highest BCUT2D eigenvalue weighted by atomic mass is 19.1. The van der Waals surface area contributed by atoms with E-state index in [9.17, 15) is 4.39 Å². The van der Waals surface area contributed by atoms with Crippen molar-refractivity contribution in [2.24, 2.45) is 5.84 Å². The van der Waals surface area contributed by atoms with Gasteiger partial charge in [0.2, 0.25) is 0 Å². The number of benzene rings is 1. The molecule has 6 heteroatoms. The number of hydrogen-bond donors (Lipinski definition) is 2. The number of methoxy groups -OCH3 is 1. The first-order valence-corrected chi connectivity index (χ1v) is 6.01. The van der Waals surface area contributed by atoms with Crippen molar-refractivity contribution in [3.8, 4) is 5.75 Å². The third-order valence-electron chi connectivity index (χ3n) is 2.99. The number of aromatic nitrogens is 2. The van der Waals surface area contributed by atoms with Crippen molar-refractivity contribution in [3.05, 3.63) is 47.5 Å². The van der Waals surface area contributed by atoms with Crippen LogP contribution in [0.1, 0.15) is 24.1 Å². The second-order valence-corrected chi connectivity index (χ2v) is 4.12. The summed E-state index contributed by atoms with van der Waals surface area (Å²) in [6, 6.07) is 4.46. The van der Waals surface area contributed by atoms with E-state index in [1.54, 1.807) is 23.0 Å². The summed E-state index contributed by atoms with van der Waals surface area (Å²) in [4.78, 5) is 0. The van der Waals surface area contributed by atoms with E-state index >= 15 is 0 Å². The Bertz CT molecular complexity index is 555. The van der Waals surface area contributed by atoms with E-state index < -0.39 is 5.82 Å². The predicted octanol–water partition coefficient (Wildman–Crippen LogP) is 1.60. The van der Waals surface area contributed by atoms with Gasteiger partial charge in [-0.2, -0.15) is 5.10 Å². The zero-order chi connectivity index (χ0) is 13.8. The average Bonchev–Trinajstić information content (AvgIpc) is 2.88. The van der Waals surface area contributed by atoms with Gasteiger partial charge in [0.15, 0.2) is 11.6 Å². The van der Waals surface area contributed by atoms with Gasteiger partial charge in [0.25, 0.3) is 0 Å². The Hall–Kier alpha value is -1.92. The second-order valence-electron chi connectivity index (χ2n) is 4.12. The standard InChI is InChI=1S/C13H17FN4O/c1-3-18-8-10(7-16-18)13(17-15)9-4-5-12(19-2)11(14)6-9/h4-8,13,17H,3,15H2,1-2H3. The van der Waals surface area contributed by atoms with Crippen LogP contribution in [0.3, 0.4) is 0 Å². The van der Waals surface area contributed by atoms with Crippen LogP contribution in [-0.2, 0) is 6.54 Å². The molecular formula is C13H17FN4O. The lowest BCUT2D eigenvalue weighted by atomic mass is 10.0. The average molecular weight is 264 g/mol. The monoisotopic (exact) mass is 264 g/mol. The molecule has 1 aromatic heterocycles. The molecule has 0 amide bonds. The minimum Gasteiger partial charge on any atom is -0.494 e. The fourth-order valence-corrected chi connectivity index (χ4v) is 1.95. The summed E-state index contributed by atoms with van der Waals surface area (Å²) in [5, 5.41) is 4.19. The molecule has 5 nitrogen and oxygen atoms in total. The minimum atomic E-state index is -0.414. The van der Waals surface area contributed by atoms with Crippen LogP contribution >= 0.6 is 0 Å². The molecule has 0 radical (unpaired) electrons. The largest absolute Gasteiger partial charge is 0.494 e. The number of halogens is 1. The van der Waals surface area contributed by atoms with Crippen LogP contribution < -0.4 is 16.0 Å². The van der Waals surface area contributed by atoms with E-state index in [0.717, 1.165) is 17.7 Å². The quantitative estimate of drug-likeness (QED) is 0.636. The van der Waals surface area contributed by atoms with Crippen LogP contribution in [0.15, 0.2) is 30.6 Å². The number of aryl methyl sites for hydroxylation is 1. The number of hydrazine groups is 1. The maximum absolute atomic E-state index is 13.7. The Morgan fingerprint density at radius 3 is 2.79 bits per heavy atom. The van der Waals surface area contributed by atoms with Crippen LogP contribution in [0.5, 0.6) is 5.75 Å². The first kappa shape index (κ1) is 13.5. The second kappa shape index (κ2) is 5.81. The van der Waals surface area contributed by atoms with Crippen molar-refractivity contribution >= 4 is 0 Å². The molecule has 0 aliphatic rings. The van der Waals surface area contributed by atoms with Gasteiger partial charge in [-0.25, -0.2) is 9.82 Å². The number of nitrogens with one attached hydrogen (secondary N) is 1. The Labute approximate surface area is 111 Å². The van der Waals surface area contributed by atoms with E-state index in [-0.39, 0.29) is 11.8 Å². The molecule has 2 aromatic rings. The summed E-state index contributed by atoms with van der Waals surface area (Å²) in [6.45, 7) is 2.77. The number of ether oxygens (including phenoxy) is 1. The van der Waals surface area contributed by atoms with Crippen LogP contribution in [0.25, 0.3) is 0 Å². The van der Waals surface area contributed by atoms with Crippen molar-refractivity contribution in [2.45, 2.75) is 19.5 Å². The van der Waals surface area contributed by atoms with E-state index in [1.807, 2.05) is 13.1 Å². The lowest BCUT2D eigenvalue weighted by molar-refractivity contribution is 0.385. The van der Waals surface area contributed by atoms with E-state index in [1.165, 1.54) is 13.2 Å². The molecule has 0 saturated carbocycles. The maximum Gasteiger partial charge on any atom is 0.165 e. The number of nitrogens with two attached hydrogens (primary N) is 1. The van der Waals surface area contributed by atoms with Crippen LogP contribution in [0.2, 0.25) is 0 Å². The lowest BCUT2D eigenvalue weighted by Gasteiger charge is -2.15. The fourth-order valence-electron chi connectivity index (χ4n) is 1.95. The molecule has 0 saturated heterocycles. The molecule has 0 aliphatic heterocycles. The Kier molecular flexibility index (Phi) is 4.13. The molecule has 0 bridgehead atoms. The highest BCUT2D eigenvalue weighted by molar-refractivity contribution is 5.35. The normalized spacial score (nSPS) is 12.4. The fraction of sp³-hybridized carbons (Fsp3) is 0.308. The van der Waals surface area contributed by atoms with Crippen molar-refractivity contribution in [1.29, 1.82) is 0 Å². The zero-order valence-corrected chi connectivity index (χ0v) is 10.9. The van der Waals surface area contributed by atoms with Gasteiger partial charge in [-0.3, -0.25) is 10.5 Å². The van der Waals surface area contributed by atoms with Gasteiger partial charge >= 0.3 is 0 Å². The molecule has 0 spiro atoms. The van der Waals surface area contributed by atoms with Crippen molar-refractivity contribution in [1.82, 2.24) is 15.2 Å². The van der Waals surface area contributed by atoms with E-state index in [0.29, 0.717) is 0 Å². The predicted molar refractivity (Wildman–Crippen MR) is 70.0 cm³/mol. The highest BCUT2D eigenvalue weighted by Gasteiger charge is 2.16. The topological polar surface area (TPSA) is 65.1 Å². The molecule has 19 heavy (non-hydrogen) atoms. The summed E-state index contributed by atoms with van der Waals surface area (Å²) in [5.74, 6) is 5.37. The first-order valence-electron chi connectivity index (χ1n) is 6.01. The van der Waals surface area contributed by atoms with Gasteiger partial charge in [-0.1, -0.05) is 6.07 Å². The molecule has 0 aliphatic carbocycles. The van der Waals surface area contributed by atoms with Crippen molar-refractivity contribution in [3.63, 3.8) is 0 Å². The van der Waals surface area contributed by atoms with Gasteiger partial charge in [0.05, 0.1) is 19.3 Å². The van der Waals surface area contributed by atoms with Crippen LogP contribution in [0, 0.1) is 5.82 Å². The summed E-state index contributed by atoms with van der Waals surface area (Å²) in [5.41, 5.74) is 4.28. The number of rotatable bonds is 5. The lowest BCUT2D eigenvalue weighted by Crippen LogP contribution is -2.28. The van der Waals surface area contributed by atoms with Crippen molar-refractivity contribution in [2.75, 3.05) is 7.11 Å². The smallest absolute Gasteiger partial charge is 0.165 e. The Morgan fingerprint density at radius 2 is 2.26 bits per heavy atom. The first-order chi connectivity index (χ1) is 9.19. The number of hydrogen-bond acceptors (Lipinski definition) is 4. The highest BCUT2D eigenvalue weighted by Crippen LogP contribution is 2.25. The molecular weight excluding hydrogens is 247 g/mol. The molecule has 1 unspecified atom stereocenters. The summed E-state index contributed by atoms with van der Waals surface area (Å²) < 4.78 is 20.4. The summed E-state index contributed by atoms with van der Waals surface area (Å²) in [6.07, 6.45) is 3.60. The minimum absolute atomic E-state index is 0.212. The van der Waals surface area contributed by atoms with Gasteiger partial charge < -0.3 is 4.74 Å². The summed E-state index contributed by atoms with van der Waals surface area (Å²) >= 11 is 0. The third kappa shape index (κ3) is 2.74. The van der Waals surface area contributed by atoms with Gasteiger partial charge in [0.1, 0.15) is 0 Å². The van der Waals surface area contributed by atoms with E-state index in [4.69, 9.17) is 10.6 Å². The van der Waals surface area contributed by atoms with Crippen LogP contribution in [-0.4, -0.2) is 16.9 Å². The van der Waals surface area contributed by atoms with Gasteiger partial charge in [-0.15, -0.1) is 0 Å². The SMILES string of the molecule is CCn1cc(C(NN)c2ccc(OC)c(F)c2)cn1. The molecule has 3 N–H and O–H groups in total. The number of nitrogens with zero attached hydrogens (tertiary/aromatic N) is 2. The Morgan fingerprint density at radius 1 is 1.47 bits per heavy atom. The zero-order valence-electron chi connectivity index (χ0n) is 10.9. The molecule has 0 fully saturated rings. The molecule has 2 rings (SSSR count). The van der Waals surface area contributed by atoms with Crippen LogP contribution in [0.4, 0.5) is 4.39 Å².